The number of hydrogen-bond acceptors (Lipinski definition) is 12. The molecule has 0 bridgehead atoms. The third-order valence-electron chi connectivity index (χ3n) is 6.47. The van der Waals surface area contributed by atoms with Crippen LogP contribution in [-0.4, -0.2) is 77.3 Å². The third-order valence-corrected chi connectivity index (χ3v) is 11.5. The van der Waals surface area contributed by atoms with Crippen LogP contribution in [0, 0.1) is 10.8 Å². The van der Waals surface area contributed by atoms with Crippen molar-refractivity contribution in [2.75, 3.05) is 36.2 Å². The lowest BCUT2D eigenvalue weighted by Crippen LogP contribution is -2.39. The van der Waals surface area contributed by atoms with Crippen LogP contribution < -0.4 is 10.6 Å². The highest BCUT2D eigenvalue weighted by Gasteiger charge is 2.24. The van der Waals surface area contributed by atoms with Crippen molar-refractivity contribution in [2.24, 2.45) is 10.8 Å². The molecule has 0 aliphatic heterocycles. The summed E-state index contributed by atoms with van der Waals surface area (Å²) in [5.74, 6) is -0.0558. The first kappa shape index (κ1) is 43.7. The fourth-order valence-electron chi connectivity index (χ4n) is 3.74. The molecule has 12 nitrogen and oxygen atoms in total. The number of nitrogens with one attached hydrogen (secondary N) is 2. The molecule has 16 heteroatoms. The molecule has 2 rings (SSSR count). The van der Waals surface area contributed by atoms with E-state index in [-0.39, 0.29) is 73.1 Å². The van der Waals surface area contributed by atoms with Crippen LogP contribution in [0.1, 0.15) is 65.5 Å². The first-order valence-electron chi connectivity index (χ1n) is 16.2. The second-order valence-corrected chi connectivity index (χ2v) is 20.2. The van der Waals surface area contributed by atoms with Crippen molar-refractivity contribution in [1.29, 1.82) is 0 Å². The van der Waals surface area contributed by atoms with Crippen molar-refractivity contribution in [3.8, 4) is 0 Å². The van der Waals surface area contributed by atoms with Gasteiger partial charge < -0.3 is 20.1 Å². The Balaban J connectivity index is 2.02. The predicted octanol–water partition coefficient (Wildman–Crippen LogP) is 6.52. The highest BCUT2D eigenvalue weighted by atomic mass is 33.1. The second kappa shape index (κ2) is 21.1. The SMILES string of the molecule is CC(C)(C)COS(=O)(=O)CC[C@@H](CSSC[C@H](CCS(=O)(=O)OCC(C)(C)C)NC(=O)OCc1ccccc1)NC(=O)OCc1ccccc1. The van der Waals surface area contributed by atoms with E-state index in [0.29, 0.717) is 0 Å². The van der Waals surface area contributed by atoms with Crippen LogP contribution in [0.2, 0.25) is 0 Å². The monoisotopic (exact) mass is 776 g/mol. The van der Waals surface area contributed by atoms with Gasteiger partial charge >= 0.3 is 12.2 Å². The largest absolute Gasteiger partial charge is 0.445 e. The minimum absolute atomic E-state index is 0.0241. The molecule has 0 unspecified atom stereocenters. The van der Waals surface area contributed by atoms with Gasteiger partial charge in [0.15, 0.2) is 0 Å². The smallest absolute Gasteiger partial charge is 0.407 e. The lowest BCUT2D eigenvalue weighted by atomic mass is 9.99. The summed E-state index contributed by atoms with van der Waals surface area (Å²) in [6.45, 7) is 11.3. The summed E-state index contributed by atoms with van der Waals surface area (Å²) in [7, 11) is -5.04. The molecule has 0 aliphatic carbocycles. The quantitative estimate of drug-likeness (QED) is 0.0803. The Kier molecular flexibility index (Phi) is 18.5. The van der Waals surface area contributed by atoms with Crippen molar-refractivity contribution in [1.82, 2.24) is 10.6 Å². The fraction of sp³-hybridized carbons (Fsp3) is 0.588. The van der Waals surface area contributed by atoms with E-state index in [1.165, 1.54) is 21.6 Å². The second-order valence-electron chi connectivity index (χ2n) is 14.1. The zero-order valence-corrected chi connectivity index (χ0v) is 33.0. The molecule has 50 heavy (non-hydrogen) atoms. The van der Waals surface area contributed by atoms with Crippen LogP contribution in [0.4, 0.5) is 9.59 Å². The van der Waals surface area contributed by atoms with Gasteiger partial charge in [-0.3, -0.25) is 8.37 Å². The minimum Gasteiger partial charge on any atom is -0.445 e. The van der Waals surface area contributed by atoms with Gasteiger partial charge in [0.2, 0.25) is 0 Å². The van der Waals surface area contributed by atoms with Crippen LogP contribution in [0.25, 0.3) is 0 Å². The molecule has 0 radical (unpaired) electrons. The zero-order valence-electron chi connectivity index (χ0n) is 29.7. The first-order valence-corrected chi connectivity index (χ1v) is 21.9. The van der Waals surface area contributed by atoms with Gasteiger partial charge in [-0.1, -0.05) is 124 Å². The minimum atomic E-state index is -3.86. The topological polar surface area (TPSA) is 163 Å². The maximum absolute atomic E-state index is 12.7. The van der Waals surface area contributed by atoms with Crippen molar-refractivity contribution in [2.45, 2.75) is 79.7 Å². The van der Waals surface area contributed by atoms with Crippen molar-refractivity contribution in [3.63, 3.8) is 0 Å². The van der Waals surface area contributed by atoms with Crippen LogP contribution in [0.5, 0.6) is 0 Å². The molecule has 0 spiro atoms. The van der Waals surface area contributed by atoms with E-state index in [4.69, 9.17) is 17.8 Å². The molecule has 2 aromatic rings. The van der Waals surface area contributed by atoms with Crippen molar-refractivity contribution in [3.05, 3.63) is 71.8 Å². The van der Waals surface area contributed by atoms with E-state index >= 15 is 0 Å². The Morgan fingerprint density at radius 3 is 1.28 bits per heavy atom. The highest BCUT2D eigenvalue weighted by Crippen LogP contribution is 2.26. The van der Waals surface area contributed by atoms with E-state index in [1.54, 1.807) is 0 Å². The molecule has 2 atom stereocenters. The Labute approximate surface area is 306 Å². The van der Waals surface area contributed by atoms with E-state index in [1.807, 2.05) is 102 Å². The number of alkyl carbamates (subject to hydrolysis) is 2. The van der Waals surface area contributed by atoms with Gasteiger partial charge in [-0.15, -0.1) is 0 Å². The summed E-state index contributed by atoms with van der Waals surface area (Å²) in [5, 5.41) is 5.51. The molecule has 0 aromatic heterocycles. The van der Waals surface area contributed by atoms with E-state index in [2.05, 4.69) is 10.6 Å². The first-order chi connectivity index (χ1) is 23.3. The summed E-state index contributed by atoms with van der Waals surface area (Å²) in [4.78, 5) is 25.3. The highest BCUT2D eigenvalue weighted by molar-refractivity contribution is 8.76. The number of benzene rings is 2. The van der Waals surface area contributed by atoms with E-state index < -0.39 is 44.5 Å². The summed E-state index contributed by atoms with van der Waals surface area (Å²) < 4.78 is 71.5. The Bertz CT molecular complexity index is 1400. The maximum Gasteiger partial charge on any atom is 0.407 e. The molecule has 0 saturated heterocycles. The normalized spacial score (nSPS) is 13.6. The van der Waals surface area contributed by atoms with E-state index in [0.717, 1.165) is 11.1 Å². The van der Waals surface area contributed by atoms with Gasteiger partial charge in [0.1, 0.15) is 13.2 Å². The van der Waals surface area contributed by atoms with Gasteiger partial charge in [-0.05, 0) is 34.8 Å². The van der Waals surface area contributed by atoms with Crippen LogP contribution in [0.15, 0.2) is 60.7 Å². The van der Waals surface area contributed by atoms with Crippen molar-refractivity contribution >= 4 is 54.0 Å². The van der Waals surface area contributed by atoms with Crippen LogP contribution >= 0.6 is 21.6 Å². The number of ether oxygens (including phenoxy) is 2. The molecule has 0 heterocycles. The van der Waals surface area contributed by atoms with E-state index in [9.17, 15) is 26.4 Å². The summed E-state index contributed by atoms with van der Waals surface area (Å²) in [6, 6.07) is 17.1. The Morgan fingerprint density at radius 2 is 0.960 bits per heavy atom. The van der Waals surface area contributed by atoms with Gasteiger partial charge in [0.25, 0.3) is 20.2 Å². The lowest BCUT2D eigenvalue weighted by Gasteiger charge is -2.21. The molecule has 0 aliphatic rings. The molecule has 0 saturated carbocycles. The summed E-state index contributed by atoms with van der Waals surface area (Å²) in [5.41, 5.74) is 0.896. The van der Waals surface area contributed by atoms with Gasteiger partial charge in [0.05, 0.1) is 24.7 Å². The number of carbonyl (C=O) groups is 2. The maximum atomic E-state index is 12.7. The summed E-state index contributed by atoms with van der Waals surface area (Å²) in [6.07, 6.45) is -1.26. The molecular weight excluding hydrogens is 725 g/mol. The number of rotatable bonds is 21. The molecule has 2 N–H and O–H groups in total. The average molecular weight is 777 g/mol. The van der Waals surface area contributed by atoms with Crippen LogP contribution in [-0.2, 0) is 51.3 Å². The van der Waals surface area contributed by atoms with Gasteiger partial charge in [-0.2, -0.15) is 16.8 Å². The molecular formula is C34H52N2O10S4. The molecule has 2 amide bonds. The number of hydrogen-bond donors (Lipinski definition) is 2. The van der Waals surface area contributed by atoms with Crippen LogP contribution in [0.3, 0.4) is 0 Å². The molecule has 0 fully saturated rings. The van der Waals surface area contributed by atoms with Crippen molar-refractivity contribution < 1.29 is 44.3 Å². The Hall–Kier alpha value is -2.50. The average Bonchev–Trinajstić information content (AvgIpc) is 3.04. The number of amides is 2. The van der Waals surface area contributed by atoms with Gasteiger partial charge in [0, 0.05) is 23.6 Å². The third kappa shape index (κ3) is 21.7. The predicted molar refractivity (Wildman–Crippen MR) is 200 cm³/mol. The summed E-state index contributed by atoms with van der Waals surface area (Å²) >= 11 is 0. The van der Waals surface area contributed by atoms with Gasteiger partial charge in [-0.25, -0.2) is 9.59 Å². The Morgan fingerprint density at radius 1 is 0.620 bits per heavy atom. The molecule has 282 valence electrons. The lowest BCUT2D eigenvalue weighted by molar-refractivity contribution is 0.135. The number of carbonyl (C=O) groups excluding carboxylic acids is 2. The fourth-order valence-corrected chi connectivity index (χ4v) is 8.77. The standard InChI is InChI=1S/C34H52N2O10S4/c1-33(2,3)25-45-49(39,40)19-17-29(35-31(37)43-21-27-13-9-7-10-14-27)23-47-48-24-30(18-20-50(41,42)46-26-34(4,5)6)36-32(38)44-22-28-15-11-8-12-16-28/h7-16,29-30H,17-26H2,1-6H3,(H,35,37)(H,36,38)/t29-,30-/m0/s1. The zero-order chi connectivity index (χ0) is 37.3. The molecule has 2 aromatic carbocycles.